The van der Waals surface area contributed by atoms with Crippen molar-refractivity contribution in [3.63, 3.8) is 0 Å². The van der Waals surface area contributed by atoms with E-state index < -0.39 is 11.5 Å². The lowest BCUT2D eigenvalue weighted by Crippen LogP contribution is -2.44. The largest absolute Gasteiger partial charge is 0.436 e. The van der Waals surface area contributed by atoms with Crippen LogP contribution in [0.4, 0.5) is 11.4 Å². The molecule has 0 aliphatic carbocycles. The molecule has 0 radical (unpaired) electrons. The minimum absolute atomic E-state index is 0.0612. The number of benzene rings is 2. The second-order valence-electron chi connectivity index (χ2n) is 7.64. The molecule has 5 rings (SSSR count). The van der Waals surface area contributed by atoms with E-state index >= 15 is 0 Å². The van der Waals surface area contributed by atoms with Gasteiger partial charge < -0.3 is 24.9 Å². The van der Waals surface area contributed by atoms with E-state index in [0.717, 1.165) is 10.2 Å². The third-order valence-electron chi connectivity index (χ3n) is 5.08. The molecule has 3 N–H and O–H groups in total. The lowest BCUT2D eigenvalue weighted by molar-refractivity contribution is 0.0987. The van der Waals surface area contributed by atoms with Crippen LogP contribution in [-0.2, 0) is 6.54 Å². The van der Waals surface area contributed by atoms with Gasteiger partial charge in [0.25, 0.3) is 17.3 Å². The van der Waals surface area contributed by atoms with E-state index in [1.54, 1.807) is 54.6 Å². The van der Waals surface area contributed by atoms with Crippen LogP contribution in [0, 0.1) is 0 Å². The first kappa shape index (κ1) is 23.6. The third kappa shape index (κ3) is 5.44. The van der Waals surface area contributed by atoms with Gasteiger partial charge in [-0.1, -0.05) is 28.9 Å². The summed E-state index contributed by atoms with van der Waals surface area (Å²) in [5.41, 5.74) is 0.776. The summed E-state index contributed by atoms with van der Waals surface area (Å²) in [4.78, 5) is 30.5. The van der Waals surface area contributed by atoms with E-state index in [0.29, 0.717) is 22.3 Å². The van der Waals surface area contributed by atoms with Crippen molar-refractivity contribution in [3.05, 3.63) is 112 Å². The normalized spacial score (nSPS) is 11.4. The number of carbonyl (C=O) groups excluding carboxylic acids is 1. The Labute approximate surface area is 213 Å². The summed E-state index contributed by atoms with van der Waals surface area (Å²) >= 11 is 6.01. The molecule has 37 heavy (non-hydrogen) atoms. The highest BCUT2D eigenvalue weighted by atomic mass is 35.5. The van der Waals surface area contributed by atoms with Gasteiger partial charge in [-0.25, -0.2) is 9.67 Å². The average molecular weight is 520 g/mol. The molecule has 0 atom stereocenters. The van der Waals surface area contributed by atoms with Crippen LogP contribution < -0.4 is 27.1 Å². The van der Waals surface area contributed by atoms with E-state index in [1.165, 1.54) is 29.3 Å². The fourth-order valence-electron chi connectivity index (χ4n) is 3.34. The zero-order valence-electron chi connectivity index (χ0n) is 18.9. The highest BCUT2D eigenvalue weighted by Gasteiger charge is 2.16. The number of nitrogen functional groups attached to an aromatic ring is 1. The first-order chi connectivity index (χ1) is 18.0. The maximum Gasteiger partial charge on any atom is 0.294 e. The van der Waals surface area contributed by atoms with Crippen LogP contribution in [0.1, 0.15) is 16.1 Å². The number of hydrogen-bond donors (Lipinski definition) is 2. The Morgan fingerprint density at radius 1 is 1.11 bits per heavy atom. The average Bonchev–Trinajstić information content (AvgIpc) is 3.61. The number of hydrogen-bond acceptors (Lipinski definition) is 9. The molecule has 0 bridgehead atoms. The molecule has 186 valence electrons. The Morgan fingerprint density at radius 3 is 2.57 bits per heavy atom. The number of halogens is 1. The maximum absolute atomic E-state index is 13.5. The Bertz CT molecular complexity index is 1640. The van der Waals surface area contributed by atoms with E-state index in [2.05, 4.69) is 20.6 Å². The van der Waals surface area contributed by atoms with Crippen LogP contribution in [0.2, 0.25) is 5.02 Å². The molecule has 12 nitrogen and oxygen atoms in total. The van der Waals surface area contributed by atoms with Gasteiger partial charge in [0.05, 0.1) is 24.6 Å². The Morgan fingerprint density at radius 2 is 1.89 bits per heavy atom. The quantitative estimate of drug-likeness (QED) is 0.310. The lowest BCUT2D eigenvalue weighted by atomic mass is 10.2. The third-order valence-corrected chi connectivity index (χ3v) is 5.33. The van der Waals surface area contributed by atoms with Gasteiger partial charge in [-0.2, -0.15) is 0 Å². The summed E-state index contributed by atoms with van der Waals surface area (Å²) in [7, 11) is 0. The van der Waals surface area contributed by atoms with Gasteiger partial charge in [0, 0.05) is 17.2 Å². The van der Waals surface area contributed by atoms with Crippen LogP contribution in [0.15, 0.2) is 98.2 Å². The van der Waals surface area contributed by atoms with Gasteiger partial charge >= 0.3 is 0 Å². The maximum atomic E-state index is 13.5. The minimum atomic E-state index is -0.653. The zero-order valence-corrected chi connectivity index (χ0v) is 19.7. The molecule has 3 heterocycles. The molecule has 0 spiro atoms. The van der Waals surface area contributed by atoms with E-state index in [9.17, 15) is 9.59 Å². The predicted octanol–water partition coefficient (Wildman–Crippen LogP) is 3.32. The van der Waals surface area contributed by atoms with E-state index in [4.69, 9.17) is 31.2 Å². The molecule has 0 aliphatic heterocycles. The highest BCUT2D eigenvalue weighted by molar-refractivity contribution is 6.30. The molecule has 0 unspecified atom stereocenters. The minimum Gasteiger partial charge on any atom is -0.436 e. The summed E-state index contributed by atoms with van der Waals surface area (Å²) in [5, 5.41) is 10.3. The number of anilines is 1. The van der Waals surface area contributed by atoms with Crippen molar-refractivity contribution in [1.29, 1.82) is 0 Å². The van der Waals surface area contributed by atoms with E-state index in [1.807, 2.05) is 0 Å². The predicted molar refractivity (Wildman–Crippen MR) is 132 cm³/mol. The topological polar surface area (TPSA) is 156 Å². The number of rotatable bonds is 7. The molecule has 0 fully saturated rings. The first-order valence-corrected chi connectivity index (χ1v) is 11.1. The second-order valence-corrected chi connectivity index (χ2v) is 8.08. The fraction of sp³-hybridized carbons (Fsp3) is 0.0417. The molecule has 0 saturated carbocycles. The Balaban J connectivity index is 1.54. The lowest BCUT2D eigenvalue weighted by Gasteiger charge is -2.13. The molecular weight excluding hydrogens is 502 g/mol. The molecule has 3 aromatic heterocycles. The smallest absolute Gasteiger partial charge is 0.294 e. The molecule has 1 amide bonds. The standard InChI is InChI=1S/C24H18ClN7O5/c25-16-3-1-15(2-4-16)13-31-23(34)19(29-22(33)20-9-11-27-37-20)14-32(26)24(31)28-17-5-7-18(8-6-17)36-21-10-12-35-30-21/h1-12,14H,13,26H2,(H,29,33). The molecule has 13 heteroatoms. The van der Waals surface area contributed by atoms with Gasteiger partial charge in [0.15, 0.2) is 0 Å². The number of amides is 1. The van der Waals surface area contributed by atoms with Crippen molar-refractivity contribution in [3.8, 4) is 11.6 Å². The van der Waals surface area contributed by atoms with Gasteiger partial charge in [-0.3, -0.25) is 14.2 Å². The fourth-order valence-corrected chi connectivity index (χ4v) is 3.47. The van der Waals surface area contributed by atoms with Crippen LogP contribution in [0.3, 0.4) is 0 Å². The molecule has 0 aliphatic rings. The monoisotopic (exact) mass is 519 g/mol. The molecule has 5 aromatic rings. The van der Waals surface area contributed by atoms with Crippen molar-refractivity contribution in [2.75, 3.05) is 11.2 Å². The summed E-state index contributed by atoms with van der Waals surface area (Å²) in [5.74, 6) is 6.35. The van der Waals surface area contributed by atoms with Gasteiger partial charge in [-0.15, -0.1) is 0 Å². The second kappa shape index (κ2) is 10.3. The number of carbonyl (C=O) groups is 1. The molecular formula is C24H18ClN7O5. The zero-order chi connectivity index (χ0) is 25.8. The van der Waals surface area contributed by atoms with Gasteiger partial charge in [0.2, 0.25) is 11.4 Å². The van der Waals surface area contributed by atoms with Crippen molar-refractivity contribution in [2.24, 2.45) is 4.99 Å². The number of aromatic nitrogens is 4. The number of nitrogens with zero attached hydrogens (tertiary/aromatic N) is 5. The van der Waals surface area contributed by atoms with Crippen LogP contribution in [0.5, 0.6) is 11.6 Å². The number of ether oxygens (including phenoxy) is 1. The molecule has 0 saturated heterocycles. The van der Waals surface area contributed by atoms with Gasteiger partial charge in [0.1, 0.15) is 17.7 Å². The van der Waals surface area contributed by atoms with Crippen molar-refractivity contribution >= 4 is 28.9 Å². The van der Waals surface area contributed by atoms with E-state index in [-0.39, 0.29) is 23.6 Å². The Hall–Kier alpha value is -5.10. The van der Waals surface area contributed by atoms with Crippen molar-refractivity contribution in [2.45, 2.75) is 6.54 Å². The van der Waals surface area contributed by atoms with Crippen LogP contribution in [-0.4, -0.2) is 25.5 Å². The Kier molecular flexibility index (Phi) is 6.55. The summed E-state index contributed by atoms with van der Waals surface area (Å²) < 4.78 is 17.7. The summed E-state index contributed by atoms with van der Waals surface area (Å²) in [6, 6.07) is 16.6. The van der Waals surface area contributed by atoms with Gasteiger partial charge in [-0.05, 0) is 47.1 Å². The number of nitrogens with one attached hydrogen (secondary N) is 1. The summed E-state index contributed by atoms with van der Waals surface area (Å²) in [6.07, 6.45) is 3.99. The van der Waals surface area contributed by atoms with Crippen LogP contribution >= 0.6 is 11.6 Å². The molecule has 2 aromatic carbocycles. The number of nitrogens with two attached hydrogens (primary N) is 1. The first-order valence-electron chi connectivity index (χ1n) is 10.8. The SMILES string of the molecule is Nn1cc(NC(=O)c2ccno2)c(=O)n(Cc2ccc(Cl)cc2)c1=Nc1ccc(Oc2ccon2)cc1. The summed E-state index contributed by atoms with van der Waals surface area (Å²) in [6.45, 7) is 0.103. The highest BCUT2D eigenvalue weighted by Crippen LogP contribution is 2.22. The van der Waals surface area contributed by atoms with Crippen LogP contribution in [0.25, 0.3) is 0 Å². The van der Waals surface area contributed by atoms with Crippen molar-refractivity contribution in [1.82, 2.24) is 19.6 Å². The van der Waals surface area contributed by atoms with Crippen molar-refractivity contribution < 1.29 is 18.6 Å².